The molecule has 0 atom stereocenters. The van der Waals surface area contributed by atoms with Gasteiger partial charge in [-0.15, -0.1) is 0 Å². The summed E-state index contributed by atoms with van der Waals surface area (Å²) in [5, 5.41) is 0. The predicted molar refractivity (Wildman–Crippen MR) is 64.1 cm³/mol. The summed E-state index contributed by atoms with van der Waals surface area (Å²) in [5.74, 6) is 0.525. The summed E-state index contributed by atoms with van der Waals surface area (Å²) in [7, 11) is 0. The number of Topliss-reactive ketones (excluding diaryl/α,β-unsaturated/α-hetero) is 1. The van der Waals surface area contributed by atoms with E-state index in [0.29, 0.717) is 11.4 Å². The average molecular weight is 212 g/mol. The van der Waals surface area contributed by atoms with E-state index in [2.05, 4.69) is 4.98 Å². The number of hydrogen-bond acceptors (Lipinski definition) is 3. The van der Waals surface area contributed by atoms with Crippen LogP contribution in [0.4, 0.5) is 5.82 Å². The van der Waals surface area contributed by atoms with Gasteiger partial charge in [-0.25, -0.2) is 4.98 Å². The molecule has 0 amide bonds. The summed E-state index contributed by atoms with van der Waals surface area (Å²) in [6.45, 7) is 1.55. The van der Waals surface area contributed by atoms with E-state index in [9.17, 15) is 4.79 Å². The van der Waals surface area contributed by atoms with Crippen LogP contribution in [0.3, 0.4) is 0 Å². The number of aromatic nitrogens is 1. The van der Waals surface area contributed by atoms with Gasteiger partial charge in [0.25, 0.3) is 0 Å². The SMILES string of the molecule is CC(=O)c1cccc(-c2cccc(N)n2)c1. The molecule has 0 saturated heterocycles. The van der Waals surface area contributed by atoms with Gasteiger partial charge in [0.05, 0.1) is 5.69 Å². The van der Waals surface area contributed by atoms with E-state index in [1.54, 1.807) is 19.1 Å². The van der Waals surface area contributed by atoms with Crippen LogP contribution < -0.4 is 5.73 Å². The van der Waals surface area contributed by atoms with Crippen molar-refractivity contribution in [3.8, 4) is 11.3 Å². The third-order valence-electron chi connectivity index (χ3n) is 2.34. The van der Waals surface area contributed by atoms with Crippen LogP contribution >= 0.6 is 0 Å². The van der Waals surface area contributed by atoms with Gasteiger partial charge < -0.3 is 5.73 Å². The fourth-order valence-corrected chi connectivity index (χ4v) is 1.51. The molecule has 2 aromatic rings. The molecule has 0 spiro atoms. The van der Waals surface area contributed by atoms with E-state index in [1.807, 2.05) is 30.3 Å². The zero-order valence-electron chi connectivity index (χ0n) is 8.97. The zero-order chi connectivity index (χ0) is 11.5. The fraction of sp³-hybridized carbons (Fsp3) is 0.0769. The van der Waals surface area contributed by atoms with Gasteiger partial charge in [0, 0.05) is 11.1 Å². The summed E-state index contributed by atoms with van der Waals surface area (Å²) in [6, 6.07) is 12.8. The molecule has 3 nitrogen and oxygen atoms in total. The Morgan fingerprint density at radius 2 is 1.94 bits per heavy atom. The van der Waals surface area contributed by atoms with Gasteiger partial charge in [-0.05, 0) is 25.1 Å². The van der Waals surface area contributed by atoms with Crippen LogP contribution in [0.5, 0.6) is 0 Å². The smallest absolute Gasteiger partial charge is 0.159 e. The minimum absolute atomic E-state index is 0.0470. The van der Waals surface area contributed by atoms with Crippen LogP contribution in [0.1, 0.15) is 17.3 Å². The van der Waals surface area contributed by atoms with Crippen molar-refractivity contribution < 1.29 is 4.79 Å². The van der Waals surface area contributed by atoms with E-state index >= 15 is 0 Å². The maximum Gasteiger partial charge on any atom is 0.159 e. The standard InChI is InChI=1S/C13H12N2O/c1-9(16)10-4-2-5-11(8-10)12-6-3-7-13(14)15-12/h2-8H,1H3,(H2,14,15). The number of carbonyl (C=O) groups is 1. The van der Waals surface area contributed by atoms with Crippen LogP contribution in [-0.2, 0) is 0 Å². The minimum Gasteiger partial charge on any atom is -0.384 e. The summed E-state index contributed by atoms with van der Waals surface area (Å²) in [4.78, 5) is 15.5. The average Bonchev–Trinajstić information content (AvgIpc) is 2.29. The Labute approximate surface area is 93.9 Å². The maximum absolute atomic E-state index is 11.3. The highest BCUT2D eigenvalue weighted by atomic mass is 16.1. The van der Waals surface area contributed by atoms with Gasteiger partial charge in [-0.3, -0.25) is 4.79 Å². The number of hydrogen-bond donors (Lipinski definition) is 1. The first-order valence-electron chi connectivity index (χ1n) is 5.01. The maximum atomic E-state index is 11.3. The molecule has 0 unspecified atom stereocenters. The van der Waals surface area contributed by atoms with Crippen molar-refractivity contribution in [1.82, 2.24) is 4.98 Å². The van der Waals surface area contributed by atoms with Crippen molar-refractivity contribution >= 4 is 11.6 Å². The Bertz CT molecular complexity index is 535. The molecule has 0 fully saturated rings. The second-order valence-corrected chi connectivity index (χ2v) is 3.58. The number of nitrogens with two attached hydrogens (primary N) is 1. The summed E-state index contributed by atoms with van der Waals surface area (Å²) >= 11 is 0. The Morgan fingerprint density at radius 3 is 2.62 bits per heavy atom. The van der Waals surface area contributed by atoms with Gasteiger partial charge in [-0.1, -0.05) is 24.3 Å². The van der Waals surface area contributed by atoms with Crippen LogP contribution in [0.2, 0.25) is 0 Å². The van der Waals surface area contributed by atoms with Gasteiger partial charge in [0.2, 0.25) is 0 Å². The highest BCUT2D eigenvalue weighted by molar-refractivity contribution is 5.95. The zero-order valence-corrected chi connectivity index (χ0v) is 8.97. The molecular weight excluding hydrogens is 200 g/mol. The molecule has 0 saturated carbocycles. The molecule has 0 radical (unpaired) electrons. The second-order valence-electron chi connectivity index (χ2n) is 3.58. The number of benzene rings is 1. The number of nitrogen functional groups attached to an aromatic ring is 1. The first-order chi connectivity index (χ1) is 7.66. The third kappa shape index (κ3) is 2.08. The first kappa shape index (κ1) is 10.4. The number of ketones is 1. The largest absolute Gasteiger partial charge is 0.384 e. The molecule has 2 rings (SSSR count). The number of rotatable bonds is 2. The molecule has 0 aliphatic rings. The number of carbonyl (C=O) groups excluding carboxylic acids is 1. The van der Waals surface area contributed by atoms with Crippen molar-refractivity contribution in [2.75, 3.05) is 5.73 Å². The molecule has 2 N–H and O–H groups in total. The molecule has 0 aliphatic heterocycles. The predicted octanol–water partition coefficient (Wildman–Crippen LogP) is 2.53. The van der Waals surface area contributed by atoms with Gasteiger partial charge in [0.1, 0.15) is 5.82 Å². The molecule has 16 heavy (non-hydrogen) atoms. The molecular formula is C13H12N2O. The molecule has 0 aliphatic carbocycles. The number of anilines is 1. The lowest BCUT2D eigenvalue weighted by Crippen LogP contribution is -1.94. The van der Waals surface area contributed by atoms with E-state index in [4.69, 9.17) is 5.73 Å². The lowest BCUT2D eigenvalue weighted by Gasteiger charge is -2.03. The quantitative estimate of drug-likeness (QED) is 0.778. The van der Waals surface area contributed by atoms with Crippen LogP contribution in [-0.4, -0.2) is 10.8 Å². The molecule has 1 aromatic heterocycles. The first-order valence-corrected chi connectivity index (χ1v) is 5.01. The molecule has 1 heterocycles. The van der Waals surface area contributed by atoms with Gasteiger partial charge in [-0.2, -0.15) is 0 Å². The van der Waals surface area contributed by atoms with E-state index in [0.717, 1.165) is 11.3 Å². The molecule has 1 aromatic carbocycles. The highest BCUT2D eigenvalue weighted by Crippen LogP contribution is 2.19. The second kappa shape index (κ2) is 4.14. The monoisotopic (exact) mass is 212 g/mol. The molecule has 0 bridgehead atoms. The Hall–Kier alpha value is -2.16. The van der Waals surface area contributed by atoms with Crippen molar-refractivity contribution in [2.24, 2.45) is 0 Å². The van der Waals surface area contributed by atoms with Gasteiger partial charge in [0.15, 0.2) is 5.78 Å². The Morgan fingerprint density at radius 1 is 1.19 bits per heavy atom. The van der Waals surface area contributed by atoms with Crippen molar-refractivity contribution in [3.05, 3.63) is 48.0 Å². The van der Waals surface area contributed by atoms with Crippen LogP contribution in [0.25, 0.3) is 11.3 Å². The van der Waals surface area contributed by atoms with Gasteiger partial charge >= 0.3 is 0 Å². The summed E-state index contributed by atoms with van der Waals surface area (Å²) in [5.41, 5.74) is 7.98. The Kier molecular flexibility index (Phi) is 2.68. The summed E-state index contributed by atoms with van der Waals surface area (Å²) in [6.07, 6.45) is 0. The molecule has 3 heteroatoms. The molecule has 80 valence electrons. The van der Waals surface area contributed by atoms with E-state index < -0.39 is 0 Å². The fourth-order valence-electron chi connectivity index (χ4n) is 1.51. The summed E-state index contributed by atoms with van der Waals surface area (Å²) < 4.78 is 0. The van der Waals surface area contributed by atoms with E-state index in [-0.39, 0.29) is 5.78 Å². The Balaban J connectivity index is 2.48. The number of pyridine rings is 1. The van der Waals surface area contributed by atoms with Crippen molar-refractivity contribution in [3.63, 3.8) is 0 Å². The lowest BCUT2D eigenvalue weighted by atomic mass is 10.1. The van der Waals surface area contributed by atoms with E-state index in [1.165, 1.54) is 0 Å². The third-order valence-corrected chi connectivity index (χ3v) is 2.34. The van der Waals surface area contributed by atoms with Crippen molar-refractivity contribution in [1.29, 1.82) is 0 Å². The van der Waals surface area contributed by atoms with Crippen molar-refractivity contribution in [2.45, 2.75) is 6.92 Å². The highest BCUT2D eigenvalue weighted by Gasteiger charge is 2.03. The topological polar surface area (TPSA) is 56.0 Å². The van der Waals surface area contributed by atoms with Crippen LogP contribution in [0.15, 0.2) is 42.5 Å². The lowest BCUT2D eigenvalue weighted by molar-refractivity contribution is 0.101. The van der Waals surface area contributed by atoms with Crippen LogP contribution in [0, 0.1) is 0 Å². The minimum atomic E-state index is 0.0470. The normalized spacial score (nSPS) is 10.1. The number of nitrogens with zero attached hydrogens (tertiary/aromatic N) is 1.